The summed E-state index contributed by atoms with van der Waals surface area (Å²) in [7, 11) is 0. The van der Waals surface area contributed by atoms with Gasteiger partial charge >= 0.3 is 17.9 Å². The highest BCUT2D eigenvalue weighted by Gasteiger charge is 2.19. The fourth-order valence-corrected chi connectivity index (χ4v) is 7.86. The molecule has 0 heterocycles. The summed E-state index contributed by atoms with van der Waals surface area (Å²) in [6.45, 7) is 9.02. The van der Waals surface area contributed by atoms with Gasteiger partial charge in [-0.15, -0.1) is 0 Å². The standard InChI is InChI=1S/C52H100O6/c1-5-7-9-11-13-15-17-18-19-25-29-33-37-41-45-52(55)58-49(46-56-50(53)43-39-35-31-27-22-16-14-12-10-8-6-2)47-57-51(54)44-40-36-32-28-24-21-20-23-26-30-34-38-42-48(3)4/h48-49H,5-47H2,1-4H3/t49-/m0/s1. The Morgan fingerprint density at radius 1 is 0.328 bits per heavy atom. The van der Waals surface area contributed by atoms with Gasteiger partial charge in [-0.05, 0) is 25.2 Å². The predicted octanol–water partition coefficient (Wildman–Crippen LogP) is 16.7. The molecule has 0 radical (unpaired) electrons. The van der Waals surface area contributed by atoms with Crippen molar-refractivity contribution >= 4 is 17.9 Å². The summed E-state index contributed by atoms with van der Waals surface area (Å²) >= 11 is 0. The lowest BCUT2D eigenvalue weighted by Gasteiger charge is -2.18. The van der Waals surface area contributed by atoms with Crippen molar-refractivity contribution in [1.29, 1.82) is 0 Å². The first-order chi connectivity index (χ1) is 28.4. The minimum Gasteiger partial charge on any atom is -0.462 e. The highest BCUT2D eigenvalue weighted by Crippen LogP contribution is 2.17. The summed E-state index contributed by atoms with van der Waals surface area (Å²) in [5.74, 6) is -0.0105. The number of unbranched alkanes of at least 4 members (excludes halogenated alkanes) is 34. The van der Waals surface area contributed by atoms with Crippen LogP contribution in [0.2, 0.25) is 0 Å². The molecule has 0 aliphatic heterocycles. The van der Waals surface area contributed by atoms with Crippen LogP contribution in [0.5, 0.6) is 0 Å². The normalized spacial score (nSPS) is 11.9. The minimum absolute atomic E-state index is 0.0627. The van der Waals surface area contributed by atoms with E-state index in [-0.39, 0.29) is 31.1 Å². The van der Waals surface area contributed by atoms with Gasteiger partial charge in [0, 0.05) is 19.3 Å². The lowest BCUT2D eigenvalue weighted by Crippen LogP contribution is -2.30. The second-order valence-corrected chi connectivity index (χ2v) is 18.3. The first-order valence-electron chi connectivity index (χ1n) is 25.9. The van der Waals surface area contributed by atoms with E-state index in [0.717, 1.165) is 63.7 Å². The number of hydrogen-bond acceptors (Lipinski definition) is 6. The Morgan fingerprint density at radius 2 is 0.569 bits per heavy atom. The van der Waals surface area contributed by atoms with Crippen LogP contribution in [-0.2, 0) is 28.6 Å². The zero-order chi connectivity index (χ0) is 42.4. The Kier molecular flexibility index (Phi) is 45.2. The molecule has 0 spiro atoms. The van der Waals surface area contributed by atoms with Crippen molar-refractivity contribution in [3.63, 3.8) is 0 Å². The zero-order valence-corrected chi connectivity index (χ0v) is 39.5. The van der Waals surface area contributed by atoms with Crippen molar-refractivity contribution in [3.05, 3.63) is 0 Å². The summed E-state index contributed by atoms with van der Waals surface area (Å²) in [6, 6.07) is 0. The van der Waals surface area contributed by atoms with Crippen LogP contribution in [0, 0.1) is 5.92 Å². The van der Waals surface area contributed by atoms with E-state index in [1.54, 1.807) is 0 Å². The summed E-state index contributed by atoms with van der Waals surface area (Å²) in [6.07, 6.45) is 48.0. The van der Waals surface area contributed by atoms with Crippen molar-refractivity contribution in [2.75, 3.05) is 13.2 Å². The molecule has 0 unspecified atom stereocenters. The molecule has 0 amide bonds. The smallest absolute Gasteiger partial charge is 0.306 e. The number of rotatable bonds is 47. The van der Waals surface area contributed by atoms with Crippen molar-refractivity contribution in [3.8, 4) is 0 Å². The first-order valence-corrected chi connectivity index (χ1v) is 25.9. The maximum absolute atomic E-state index is 12.8. The largest absolute Gasteiger partial charge is 0.462 e. The molecule has 58 heavy (non-hydrogen) atoms. The minimum atomic E-state index is -0.760. The van der Waals surface area contributed by atoms with Gasteiger partial charge in [-0.25, -0.2) is 0 Å². The van der Waals surface area contributed by atoms with Gasteiger partial charge in [0.05, 0.1) is 0 Å². The third-order valence-corrected chi connectivity index (χ3v) is 11.8. The molecule has 0 aliphatic rings. The van der Waals surface area contributed by atoms with Gasteiger partial charge in [0.2, 0.25) is 0 Å². The number of esters is 3. The number of ether oxygens (including phenoxy) is 3. The van der Waals surface area contributed by atoms with Crippen LogP contribution in [0.15, 0.2) is 0 Å². The molecule has 0 aliphatic carbocycles. The molecule has 0 saturated heterocycles. The second kappa shape index (κ2) is 46.5. The molecule has 6 nitrogen and oxygen atoms in total. The third-order valence-electron chi connectivity index (χ3n) is 11.8. The SMILES string of the molecule is CCCCCCCCCCCCCCCCC(=O)O[C@@H](COC(=O)CCCCCCCCCCCCC)COC(=O)CCCCCCCCCCCCCCC(C)C. The Labute approximate surface area is 361 Å². The summed E-state index contributed by atoms with van der Waals surface area (Å²) in [5.41, 5.74) is 0. The van der Waals surface area contributed by atoms with E-state index < -0.39 is 6.10 Å². The molecular formula is C52H100O6. The van der Waals surface area contributed by atoms with E-state index in [4.69, 9.17) is 14.2 Å². The first kappa shape index (κ1) is 56.4. The number of hydrogen-bond donors (Lipinski definition) is 0. The summed E-state index contributed by atoms with van der Waals surface area (Å²) in [5, 5.41) is 0. The molecule has 0 aromatic heterocycles. The van der Waals surface area contributed by atoms with Crippen molar-refractivity contribution in [1.82, 2.24) is 0 Å². The van der Waals surface area contributed by atoms with Crippen LogP contribution in [0.3, 0.4) is 0 Å². The van der Waals surface area contributed by atoms with Crippen molar-refractivity contribution < 1.29 is 28.6 Å². The van der Waals surface area contributed by atoms with E-state index in [1.165, 1.54) is 186 Å². The van der Waals surface area contributed by atoms with Gasteiger partial charge < -0.3 is 14.2 Å². The molecule has 0 aromatic rings. The molecule has 0 bridgehead atoms. The molecule has 6 heteroatoms. The van der Waals surface area contributed by atoms with E-state index >= 15 is 0 Å². The topological polar surface area (TPSA) is 78.9 Å². The molecule has 0 N–H and O–H groups in total. The van der Waals surface area contributed by atoms with Crippen LogP contribution in [0.25, 0.3) is 0 Å². The molecular weight excluding hydrogens is 721 g/mol. The van der Waals surface area contributed by atoms with Crippen molar-refractivity contribution in [2.24, 2.45) is 5.92 Å². The molecule has 344 valence electrons. The van der Waals surface area contributed by atoms with Crippen LogP contribution < -0.4 is 0 Å². The average Bonchev–Trinajstić information content (AvgIpc) is 3.21. The molecule has 0 saturated carbocycles. The average molecular weight is 821 g/mol. The van der Waals surface area contributed by atoms with E-state index in [9.17, 15) is 14.4 Å². The highest BCUT2D eigenvalue weighted by atomic mass is 16.6. The van der Waals surface area contributed by atoms with Gasteiger partial charge in [0.15, 0.2) is 6.10 Å². The van der Waals surface area contributed by atoms with Crippen LogP contribution >= 0.6 is 0 Å². The van der Waals surface area contributed by atoms with Crippen LogP contribution in [0.1, 0.15) is 291 Å². The Balaban J connectivity index is 4.30. The maximum Gasteiger partial charge on any atom is 0.306 e. The molecule has 0 aromatic carbocycles. The second-order valence-electron chi connectivity index (χ2n) is 18.3. The van der Waals surface area contributed by atoms with Crippen LogP contribution in [-0.4, -0.2) is 37.2 Å². The lowest BCUT2D eigenvalue weighted by molar-refractivity contribution is -0.167. The van der Waals surface area contributed by atoms with Gasteiger partial charge in [-0.3, -0.25) is 14.4 Å². The van der Waals surface area contributed by atoms with E-state index in [2.05, 4.69) is 27.7 Å². The Morgan fingerprint density at radius 3 is 0.845 bits per heavy atom. The molecule has 0 rings (SSSR count). The van der Waals surface area contributed by atoms with Gasteiger partial charge in [-0.1, -0.05) is 252 Å². The fraction of sp³-hybridized carbons (Fsp3) is 0.942. The quantitative estimate of drug-likeness (QED) is 0.0346. The van der Waals surface area contributed by atoms with E-state index in [1.807, 2.05) is 0 Å². The van der Waals surface area contributed by atoms with Crippen LogP contribution in [0.4, 0.5) is 0 Å². The molecule has 0 fully saturated rings. The van der Waals surface area contributed by atoms with Gasteiger partial charge in [-0.2, -0.15) is 0 Å². The Hall–Kier alpha value is -1.59. The highest BCUT2D eigenvalue weighted by molar-refractivity contribution is 5.71. The van der Waals surface area contributed by atoms with E-state index in [0.29, 0.717) is 19.3 Å². The summed E-state index contributed by atoms with van der Waals surface area (Å²) < 4.78 is 16.8. The maximum atomic E-state index is 12.8. The fourth-order valence-electron chi connectivity index (χ4n) is 7.86. The Bertz CT molecular complexity index is 872. The predicted molar refractivity (Wildman–Crippen MR) is 247 cm³/mol. The lowest BCUT2D eigenvalue weighted by atomic mass is 10.0. The number of carbonyl (C=O) groups is 3. The monoisotopic (exact) mass is 821 g/mol. The van der Waals surface area contributed by atoms with Gasteiger partial charge in [0.25, 0.3) is 0 Å². The molecule has 1 atom stereocenters. The third kappa shape index (κ3) is 45.5. The summed E-state index contributed by atoms with van der Waals surface area (Å²) in [4.78, 5) is 37.9. The van der Waals surface area contributed by atoms with Gasteiger partial charge in [0.1, 0.15) is 13.2 Å². The number of carbonyl (C=O) groups excluding carboxylic acids is 3. The zero-order valence-electron chi connectivity index (χ0n) is 39.5. The van der Waals surface area contributed by atoms with Crippen molar-refractivity contribution in [2.45, 2.75) is 297 Å².